The Kier molecular flexibility index (Phi) is 4.92. The van der Waals surface area contributed by atoms with Crippen molar-refractivity contribution in [1.29, 1.82) is 0 Å². The van der Waals surface area contributed by atoms with Crippen LogP contribution in [-0.4, -0.2) is 29.5 Å². The first kappa shape index (κ1) is 18.6. The molecule has 1 amide bonds. The molecule has 4 aromatic rings. The van der Waals surface area contributed by atoms with Gasteiger partial charge in [-0.1, -0.05) is 36.4 Å². The molecule has 0 aliphatic rings. The molecule has 8 heteroatoms. The fourth-order valence-corrected chi connectivity index (χ4v) is 4.30. The number of benzene rings is 2. The lowest BCUT2D eigenvalue weighted by Gasteiger charge is -2.07. The van der Waals surface area contributed by atoms with Crippen LogP contribution in [0.1, 0.15) is 15.9 Å². The summed E-state index contributed by atoms with van der Waals surface area (Å²) in [7, 11) is -3.77. The second-order valence-electron chi connectivity index (χ2n) is 6.16. The van der Waals surface area contributed by atoms with Crippen molar-refractivity contribution in [2.45, 2.75) is 4.90 Å². The van der Waals surface area contributed by atoms with Gasteiger partial charge in [0, 0.05) is 29.5 Å². The molecule has 0 aliphatic heterocycles. The average Bonchev–Trinajstić information content (AvgIpc) is 3.14. The van der Waals surface area contributed by atoms with Crippen LogP contribution in [0, 0.1) is 0 Å². The first-order valence-electron chi connectivity index (χ1n) is 8.71. The smallest absolute Gasteiger partial charge is 0.267 e. The molecule has 0 spiro atoms. The number of nitrogens with one attached hydrogen (secondary N) is 1. The van der Waals surface area contributed by atoms with Gasteiger partial charge in [0.15, 0.2) is 0 Å². The maximum atomic E-state index is 13.1. The van der Waals surface area contributed by atoms with Gasteiger partial charge in [-0.2, -0.15) is 5.10 Å². The highest BCUT2D eigenvalue weighted by atomic mass is 32.2. The summed E-state index contributed by atoms with van der Waals surface area (Å²) in [6.45, 7) is 0. The van der Waals surface area contributed by atoms with E-state index in [9.17, 15) is 13.2 Å². The maximum Gasteiger partial charge on any atom is 0.272 e. The number of para-hydroxylation sites is 1. The van der Waals surface area contributed by atoms with E-state index in [0.29, 0.717) is 22.0 Å². The molecule has 0 saturated carbocycles. The number of amides is 1. The highest BCUT2D eigenvalue weighted by Crippen LogP contribution is 2.25. The molecule has 0 radical (unpaired) electrons. The number of carbonyl (C=O) groups excluding carboxylic acids is 1. The zero-order valence-electron chi connectivity index (χ0n) is 15.1. The summed E-state index contributed by atoms with van der Waals surface area (Å²) in [4.78, 5) is 16.2. The summed E-state index contributed by atoms with van der Waals surface area (Å²) in [6.07, 6.45) is 5.92. The monoisotopic (exact) mass is 404 g/mol. The summed E-state index contributed by atoms with van der Waals surface area (Å²) in [5.41, 5.74) is 3.88. The average molecular weight is 404 g/mol. The van der Waals surface area contributed by atoms with Crippen LogP contribution in [-0.2, 0) is 10.0 Å². The minimum absolute atomic E-state index is 0.189. The molecule has 4 rings (SSSR count). The van der Waals surface area contributed by atoms with E-state index in [2.05, 4.69) is 15.5 Å². The predicted octanol–water partition coefficient (Wildman–Crippen LogP) is 3.04. The number of nitrogens with zero attached hydrogens (tertiary/aromatic N) is 3. The zero-order chi connectivity index (χ0) is 20.3. The van der Waals surface area contributed by atoms with E-state index in [1.807, 2.05) is 6.07 Å². The highest BCUT2D eigenvalue weighted by Gasteiger charge is 2.20. The van der Waals surface area contributed by atoms with Gasteiger partial charge in [-0.3, -0.25) is 9.78 Å². The normalized spacial score (nSPS) is 11.7. The Hall–Kier alpha value is -3.78. The van der Waals surface area contributed by atoms with E-state index in [4.69, 9.17) is 0 Å². The molecular weight excluding hydrogens is 388 g/mol. The topological polar surface area (TPSA) is 93.4 Å². The molecule has 0 saturated heterocycles. The lowest BCUT2D eigenvalue weighted by molar-refractivity contribution is 0.0954. The van der Waals surface area contributed by atoms with Crippen molar-refractivity contribution in [3.05, 3.63) is 96.4 Å². The van der Waals surface area contributed by atoms with Crippen molar-refractivity contribution in [3.63, 3.8) is 0 Å². The van der Waals surface area contributed by atoms with Crippen molar-refractivity contribution in [3.8, 4) is 0 Å². The fraction of sp³-hybridized carbons (Fsp3) is 0. The van der Waals surface area contributed by atoms with Crippen LogP contribution in [0.15, 0.2) is 95.3 Å². The Morgan fingerprint density at radius 3 is 2.52 bits per heavy atom. The summed E-state index contributed by atoms with van der Waals surface area (Å²) in [5, 5.41) is 4.68. The second-order valence-corrected chi connectivity index (χ2v) is 7.97. The minimum Gasteiger partial charge on any atom is -0.267 e. The largest absolute Gasteiger partial charge is 0.272 e. The zero-order valence-corrected chi connectivity index (χ0v) is 16.0. The van der Waals surface area contributed by atoms with E-state index in [1.54, 1.807) is 66.9 Å². The Labute approximate surface area is 167 Å². The van der Waals surface area contributed by atoms with Gasteiger partial charge >= 0.3 is 0 Å². The molecule has 2 heterocycles. The molecule has 0 bridgehead atoms. The van der Waals surface area contributed by atoms with Crippen LogP contribution in [0.2, 0.25) is 0 Å². The number of hydrogen-bond donors (Lipinski definition) is 1. The third-order valence-corrected chi connectivity index (χ3v) is 5.99. The third kappa shape index (κ3) is 3.65. The third-order valence-electron chi connectivity index (χ3n) is 4.30. The van der Waals surface area contributed by atoms with Gasteiger partial charge in [0.2, 0.25) is 0 Å². The van der Waals surface area contributed by atoms with Gasteiger partial charge in [0.25, 0.3) is 15.9 Å². The molecule has 0 aliphatic carbocycles. The molecule has 1 N–H and O–H groups in total. The van der Waals surface area contributed by atoms with Crippen LogP contribution in [0.3, 0.4) is 0 Å². The molecule has 144 valence electrons. The molecule has 0 unspecified atom stereocenters. The van der Waals surface area contributed by atoms with E-state index in [1.165, 1.54) is 22.6 Å². The van der Waals surface area contributed by atoms with Crippen LogP contribution in [0.25, 0.3) is 10.9 Å². The Bertz CT molecular complexity index is 1300. The molecule has 2 aromatic carbocycles. The Morgan fingerprint density at radius 2 is 1.76 bits per heavy atom. The van der Waals surface area contributed by atoms with Gasteiger partial charge in [0.05, 0.1) is 22.2 Å². The number of rotatable bonds is 5. The van der Waals surface area contributed by atoms with Gasteiger partial charge in [-0.05, 0) is 30.3 Å². The van der Waals surface area contributed by atoms with E-state index in [-0.39, 0.29) is 4.90 Å². The predicted molar refractivity (Wildman–Crippen MR) is 110 cm³/mol. The Balaban J connectivity index is 1.69. The van der Waals surface area contributed by atoms with Crippen LogP contribution in [0.4, 0.5) is 0 Å². The summed E-state index contributed by atoms with van der Waals surface area (Å²) >= 11 is 0. The number of aromatic nitrogens is 2. The number of hydrogen-bond acceptors (Lipinski definition) is 5. The minimum atomic E-state index is -3.77. The number of carbonyl (C=O) groups is 1. The van der Waals surface area contributed by atoms with Crippen LogP contribution >= 0.6 is 0 Å². The van der Waals surface area contributed by atoms with Crippen LogP contribution < -0.4 is 5.43 Å². The van der Waals surface area contributed by atoms with Crippen molar-refractivity contribution in [2.24, 2.45) is 5.10 Å². The lowest BCUT2D eigenvalue weighted by Crippen LogP contribution is -2.17. The van der Waals surface area contributed by atoms with Crippen molar-refractivity contribution >= 4 is 33.0 Å². The SMILES string of the molecule is O=C(N/N=C\c1cn(S(=O)(=O)c2ccccc2)c2ccccc12)c1cccnc1. The molecule has 7 nitrogen and oxygen atoms in total. The second kappa shape index (κ2) is 7.69. The van der Waals surface area contributed by atoms with Gasteiger partial charge in [-0.15, -0.1) is 0 Å². The first-order chi connectivity index (χ1) is 14.1. The van der Waals surface area contributed by atoms with Gasteiger partial charge in [0.1, 0.15) is 0 Å². The molecular formula is C21H16N4O3S. The van der Waals surface area contributed by atoms with Gasteiger partial charge in [-0.25, -0.2) is 17.8 Å². The molecule has 0 atom stereocenters. The molecule has 0 fully saturated rings. The van der Waals surface area contributed by atoms with Crippen molar-refractivity contribution in [2.75, 3.05) is 0 Å². The molecule has 2 aromatic heterocycles. The maximum absolute atomic E-state index is 13.1. The first-order valence-corrected chi connectivity index (χ1v) is 10.2. The highest BCUT2D eigenvalue weighted by molar-refractivity contribution is 7.90. The van der Waals surface area contributed by atoms with Gasteiger partial charge < -0.3 is 0 Å². The quantitative estimate of drug-likeness (QED) is 0.409. The van der Waals surface area contributed by atoms with Crippen molar-refractivity contribution < 1.29 is 13.2 Å². The number of hydrazone groups is 1. The lowest BCUT2D eigenvalue weighted by atomic mass is 10.2. The van der Waals surface area contributed by atoms with Crippen LogP contribution in [0.5, 0.6) is 0 Å². The van der Waals surface area contributed by atoms with E-state index < -0.39 is 15.9 Å². The Morgan fingerprint density at radius 1 is 1.00 bits per heavy atom. The summed E-state index contributed by atoms with van der Waals surface area (Å²) in [6, 6.07) is 18.6. The van der Waals surface area contributed by atoms with E-state index >= 15 is 0 Å². The summed E-state index contributed by atoms with van der Waals surface area (Å²) in [5.74, 6) is -0.407. The van der Waals surface area contributed by atoms with E-state index in [0.717, 1.165) is 0 Å². The molecule has 29 heavy (non-hydrogen) atoms. The number of pyridine rings is 1. The van der Waals surface area contributed by atoms with Crippen molar-refractivity contribution in [1.82, 2.24) is 14.4 Å². The fourth-order valence-electron chi connectivity index (χ4n) is 2.91. The summed E-state index contributed by atoms with van der Waals surface area (Å²) < 4.78 is 27.4. The standard InChI is InChI=1S/C21H16N4O3S/c26-21(16-7-6-12-22-13-16)24-23-14-17-15-25(20-11-5-4-10-19(17)20)29(27,28)18-8-2-1-3-9-18/h1-15H,(H,24,26)/b23-14-. The number of fused-ring (bicyclic) bond motifs is 1.